The van der Waals surface area contributed by atoms with E-state index in [0.29, 0.717) is 24.2 Å². The molecule has 2 aromatic rings. The minimum Gasteiger partial charge on any atom is -0.507 e. The average Bonchev–Trinajstić information content (AvgIpc) is 3.06. The number of hydrogen-bond acceptors (Lipinski definition) is 4. The van der Waals surface area contributed by atoms with E-state index in [9.17, 15) is 9.90 Å². The van der Waals surface area contributed by atoms with Crippen molar-refractivity contribution in [3.63, 3.8) is 0 Å². The van der Waals surface area contributed by atoms with Crippen molar-refractivity contribution in [2.75, 3.05) is 6.54 Å². The summed E-state index contributed by atoms with van der Waals surface area (Å²) in [6.07, 6.45) is 0.488. The van der Waals surface area contributed by atoms with Crippen molar-refractivity contribution in [3.05, 3.63) is 65.7 Å². The third-order valence-electron chi connectivity index (χ3n) is 3.73. The summed E-state index contributed by atoms with van der Waals surface area (Å²) in [6.45, 7) is 0.550. The fraction of sp³-hybridized carbons (Fsp3) is 0.222. The van der Waals surface area contributed by atoms with Crippen LogP contribution < -0.4 is 5.32 Å². The molecular formula is C18H18N2O3. The smallest absolute Gasteiger partial charge is 0.264 e. The van der Waals surface area contributed by atoms with Crippen molar-refractivity contribution in [2.45, 2.75) is 18.9 Å². The Labute approximate surface area is 134 Å². The normalized spacial score (nSPS) is 16.5. The van der Waals surface area contributed by atoms with E-state index in [0.717, 1.165) is 6.42 Å². The molecule has 0 spiro atoms. The number of rotatable bonds is 5. The van der Waals surface area contributed by atoms with Crippen LogP contribution in [-0.2, 0) is 16.1 Å². The summed E-state index contributed by atoms with van der Waals surface area (Å²) in [5, 5.41) is 16.6. The van der Waals surface area contributed by atoms with Gasteiger partial charge in [0.25, 0.3) is 5.91 Å². The third-order valence-corrected chi connectivity index (χ3v) is 3.73. The summed E-state index contributed by atoms with van der Waals surface area (Å²) < 4.78 is 0. The molecule has 0 saturated carbocycles. The second-order valence-corrected chi connectivity index (χ2v) is 5.38. The summed E-state index contributed by atoms with van der Waals surface area (Å²) in [5.41, 5.74) is 2.37. The van der Waals surface area contributed by atoms with E-state index in [1.807, 2.05) is 36.4 Å². The quantitative estimate of drug-likeness (QED) is 0.890. The van der Waals surface area contributed by atoms with Gasteiger partial charge < -0.3 is 15.3 Å². The van der Waals surface area contributed by atoms with Crippen molar-refractivity contribution in [3.8, 4) is 5.75 Å². The van der Waals surface area contributed by atoms with Gasteiger partial charge in [-0.3, -0.25) is 4.79 Å². The molecule has 2 N–H and O–H groups in total. The topological polar surface area (TPSA) is 70.9 Å². The fourth-order valence-corrected chi connectivity index (χ4v) is 2.48. The summed E-state index contributed by atoms with van der Waals surface area (Å²) >= 11 is 0. The molecule has 1 atom stereocenters. The number of carbonyl (C=O) groups is 1. The molecule has 0 unspecified atom stereocenters. The van der Waals surface area contributed by atoms with Crippen molar-refractivity contribution >= 4 is 11.6 Å². The Balaban J connectivity index is 1.50. The second-order valence-electron chi connectivity index (χ2n) is 5.38. The SMILES string of the molecule is O=C(NCCc1ccccc1)[C@H]1CC(c2ccccc2O)=NO1. The van der Waals surface area contributed by atoms with Gasteiger partial charge >= 0.3 is 0 Å². The molecule has 0 saturated heterocycles. The Kier molecular flexibility index (Phi) is 4.57. The van der Waals surface area contributed by atoms with E-state index in [1.165, 1.54) is 5.56 Å². The van der Waals surface area contributed by atoms with Crippen LogP contribution in [-0.4, -0.2) is 29.4 Å². The number of amides is 1. The molecular weight excluding hydrogens is 292 g/mol. The number of aromatic hydroxyl groups is 1. The van der Waals surface area contributed by atoms with Crippen LogP contribution in [0.1, 0.15) is 17.5 Å². The molecule has 5 nitrogen and oxygen atoms in total. The molecule has 0 fully saturated rings. The lowest BCUT2D eigenvalue weighted by Crippen LogP contribution is -2.36. The van der Waals surface area contributed by atoms with Crippen LogP contribution >= 0.6 is 0 Å². The number of benzene rings is 2. The summed E-state index contributed by atoms with van der Waals surface area (Å²) in [5.74, 6) is -0.0462. The summed E-state index contributed by atoms with van der Waals surface area (Å²) in [7, 11) is 0. The number of nitrogens with zero attached hydrogens (tertiary/aromatic N) is 1. The van der Waals surface area contributed by atoms with Crippen LogP contribution in [0.3, 0.4) is 0 Å². The maximum absolute atomic E-state index is 12.1. The van der Waals surface area contributed by atoms with Crippen LogP contribution in [0.25, 0.3) is 0 Å². The molecule has 1 heterocycles. The standard InChI is InChI=1S/C18H18N2O3/c21-16-9-5-4-8-14(16)15-12-17(23-20-15)18(22)19-11-10-13-6-2-1-3-7-13/h1-9,17,21H,10-12H2,(H,19,22)/t17-/m1/s1. The lowest BCUT2D eigenvalue weighted by Gasteiger charge is -2.09. The Hall–Kier alpha value is -2.82. The van der Waals surface area contributed by atoms with Gasteiger partial charge in [-0.1, -0.05) is 47.6 Å². The maximum Gasteiger partial charge on any atom is 0.264 e. The highest BCUT2D eigenvalue weighted by molar-refractivity contribution is 6.05. The van der Waals surface area contributed by atoms with E-state index in [4.69, 9.17) is 4.84 Å². The zero-order chi connectivity index (χ0) is 16.1. The van der Waals surface area contributed by atoms with Crippen LogP contribution in [0.4, 0.5) is 0 Å². The number of phenols is 1. The minimum atomic E-state index is -0.639. The molecule has 0 bridgehead atoms. The van der Waals surface area contributed by atoms with Crippen LogP contribution in [0.5, 0.6) is 5.75 Å². The van der Waals surface area contributed by atoms with E-state index >= 15 is 0 Å². The Bertz CT molecular complexity index is 713. The average molecular weight is 310 g/mol. The first-order valence-electron chi connectivity index (χ1n) is 7.57. The van der Waals surface area contributed by atoms with Crippen LogP contribution in [0.15, 0.2) is 59.8 Å². The molecule has 118 valence electrons. The van der Waals surface area contributed by atoms with E-state index in [2.05, 4.69) is 10.5 Å². The van der Waals surface area contributed by atoms with Crippen molar-refractivity contribution in [1.29, 1.82) is 0 Å². The molecule has 23 heavy (non-hydrogen) atoms. The minimum absolute atomic E-state index is 0.139. The molecule has 2 aromatic carbocycles. The number of nitrogens with one attached hydrogen (secondary N) is 1. The molecule has 1 aliphatic rings. The van der Waals surface area contributed by atoms with Gasteiger partial charge in [-0.05, 0) is 24.1 Å². The highest BCUT2D eigenvalue weighted by Crippen LogP contribution is 2.23. The summed E-state index contributed by atoms with van der Waals surface area (Å²) in [6, 6.07) is 16.9. The van der Waals surface area contributed by atoms with Gasteiger partial charge in [0.15, 0.2) is 0 Å². The number of hydrogen-bond donors (Lipinski definition) is 2. The predicted molar refractivity (Wildman–Crippen MR) is 87.3 cm³/mol. The molecule has 0 aromatic heterocycles. The van der Waals surface area contributed by atoms with Crippen molar-refractivity contribution in [1.82, 2.24) is 5.32 Å². The van der Waals surface area contributed by atoms with Gasteiger partial charge in [0.2, 0.25) is 6.10 Å². The monoisotopic (exact) mass is 310 g/mol. The van der Waals surface area contributed by atoms with Crippen molar-refractivity contribution in [2.24, 2.45) is 5.16 Å². The van der Waals surface area contributed by atoms with Gasteiger partial charge in [0.1, 0.15) is 5.75 Å². The van der Waals surface area contributed by atoms with Crippen molar-refractivity contribution < 1.29 is 14.7 Å². The molecule has 1 aliphatic heterocycles. The van der Waals surface area contributed by atoms with Crippen LogP contribution in [0, 0.1) is 0 Å². The number of para-hydroxylation sites is 1. The number of phenolic OH excluding ortho intramolecular Hbond substituents is 1. The molecule has 0 aliphatic carbocycles. The zero-order valence-corrected chi connectivity index (χ0v) is 12.6. The lowest BCUT2D eigenvalue weighted by atomic mass is 10.0. The van der Waals surface area contributed by atoms with Gasteiger partial charge in [0.05, 0.1) is 5.71 Å². The van der Waals surface area contributed by atoms with Gasteiger partial charge in [-0.25, -0.2) is 0 Å². The summed E-state index contributed by atoms with van der Waals surface area (Å²) in [4.78, 5) is 17.3. The Morgan fingerprint density at radius 3 is 2.70 bits per heavy atom. The van der Waals surface area contributed by atoms with Gasteiger partial charge in [-0.15, -0.1) is 0 Å². The largest absolute Gasteiger partial charge is 0.507 e. The maximum atomic E-state index is 12.1. The number of oxime groups is 1. The van der Waals surface area contributed by atoms with E-state index < -0.39 is 6.10 Å². The molecule has 1 amide bonds. The predicted octanol–water partition coefficient (Wildman–Crippen LogP) is 2.24. The molecule has 5 heteroatoms. The molecule has 3 rings (SSSR count). The zero-order valence-electron chi connectivity index (χ0n) is 12.6. The first kappa shape index (κ1) is 15.1. The molecule has 0 radical (unpaired) electrons. The second kappa shape index (κ2) is 6.96. The Morgan fingerprint density at radius 1 is 1.17 bits per heavy atom. The first-order valence-corrected chi connectivity index (χ1v) is 7.57. The lowest BCUT2D eigenvalue weighted by molar-refractivity contribution is -0.131. The highest BCUT2D eigenvalue weighted by atomic mass is 16.6. The first-order chi connectivity index (χ1) is 11.2. The highest BCUT2D eigenvalue weighted by Gasteiger charge is 2.29. The third kappa shape index (κ3) is 3.69. The Morgan fingerprint density at radius 2 is 1.91 bits per heavy atom. The van der Waals surface area contributed by atoms with E-state index in [1.54, 1.807) is 18.2 Å². The fourth-order valence-electron chi connectivity index (χ4n) is 2.48. The van der Waals surface area contributed by atoms with Gasteiger partial charge in [-0.2, -0.15) is 0 Å². The number of carbonyl (C=O) groups excluding carboxylic acids is 1. The van der Waals surface area contributed by atoms with Crippen LogP contribution in [0.2, 0.25) is 0 Å². The van der Waals surface area contributed by atoms with Gasteiger partial charge in [0, 0.05) is 18.5 Å². The van der Waals surface area contributed by atoms with E-state index in [-0.39, 0.29) is 11.7 Å².